The summed E-state index contributed by atoms with van der Waals surface area (Å²) in [7, 11) is 0. The van der Waals surface area contributed by atoms with Crippen LogP contribution in [0, 0.1) is 5.92 Å². The van der Waals surface area contributed by atoms with Crippen LogP contribution in [0.3, 0.4) is 0 Å². The van der Waals surface area contributed by atoms with Crippen LogP contribution in [0.25, 0.3) is 0 Å². The number of nitrogens with zero attached hydrogens (tertiary/aromatic N) is 2. The van der Waals surface area contributed by atoms with Crippen LogP contribution in [-0.4, -0.2) is 41.3 Å². The first-order valence-electron chi connectivity index (χ1n) is 7.53. The third-order valence-electron chi connectivity index (χ3n) is 3.09. The van der Waals surface area contributed by atoms with Gasteiger partial charge in [-0.15, -0.1) is 0 Å². The summed E-state index contributed by atoms with van der Waals surface area (Å²) >= 11 is 5.21. The number of carbonyl (C=O) groups is 1. The first-order valence-corrected chi connectivity index (χ1v) is 9.10. The van der Waals surface area contributed by atoms with Gasteiger partial charge in [0.15, 0.2) is 0 Å². The molecule has 1 aliphatic rings. The minimum absolute atomic E-state index is 0.102. The van der Waals surface area contributed by atoms with E-state index < -0.39 is 0 Å². The van der Waals surface area contributed by atoms with E-state index in [1.165, 1.54) is 4.90 Å². The summed E-state index contributed by atoms with van der Waals surface area (Å²) in [6.45, 7) is 11.5. The quantitative estimate of drug-likeness (QED) is 0.739. The van der Waals surface area contributed by atoms with Crippen LogP contribution >= 0.6 is 27.9 Å². The van der Waals surface area contributed by atoms with Gasteiger partial charge in [-0.25, -0.2) is 4.31 Å². The smallest absolute Gasteiger partial charge is 0.225 e. The molecule has 0 spiro atoms. The third kappa shape index (κ3) is 6.01. The molecule has 0 aromatic heterocycles. The van der Waals surface area contributed by atoms with Crippen molar-refractivity contribution < 1.29 is 4.79 Å². The molecule has 1 aromatic carbocycles. The molecule has 1 heterocycles. The Morgan fingerprint density at radius 3 is 2.10 bits per heavy atom. The molecule has 0 atom stereocenters. The number of amides is 1. The Hall–Kier alpha value is -0.520. The summed E-state index contributed by atoms with van der Waals surface area (Å²) in [5.74, 6) is 0.374. The average Bonchev–Trinajstić information content (AvgIpc) is 2.51. The monoisotopic (exact) mass is 372 g/mol. The van der Waals surface area contributed by atoms with E-state index in [0.29, 0.717) is 0 Å². The van der Waals surface area contributed by atoms with E-state index in [2.05, 4.69) is 44.5 Å². The summed E-state index contributed by atoms with van der Waals surface area (Å²) in [5.41, 5.74) is 0. The lowest BCUT2D eigenvalue weighted by molar-refractivity contribution is -0.135. The molecule has 5 heteroatoms. The van der Waals surface area contributed by atoms with E-state index >= 15 is 0 Å². The van der Waals surface area contributed by atoms with Gasteiger partial charge >= 0.3 is 0 Å². The van der Waals surface area contributed by atoms with Crippen molar-refractivity contribution in [3.8, 4) is 0 Å². The molecule has 1 amide bonds. The maximum Gasteiger partial charge on any atom is 0.225 e. The van der Waals surface area contributed by atoms with Gasteiger partial charge < -0.3 is 4.90 Å². The summed E-state index contributed by atoms with van der Waals surface area (Å²) in [6, 6.07) is 8.34. The zero-order valence-corrected chi connectivity index (χ0v) is 15.7. The van der Waals surface area contributed by atoms with Crippen LogP contribution < -0.4 is 0 Å². The predicted octanol–water partition coefficient (Wildman–Crippen LogP) is 4.28. The molecule has 1 aliphatic heterocycles. The summed E-state index contributed by atoms with van der Waals surface area (Å²) in [4.78, 5) is 15.1. The van der Waals surface area contributed by atoms with E-state index in [1.54, 1.807) is 11.9 Å². The van der Waals surface area contributed by atoms with Gasteiger partial charge in [0, 0.05) is 41.5 Å². The Morgan fingerprint density at radius 2 is 1.62 bits per heavy atom. The van der Waals surface area contributed by atoms with E-state index in [4.69, 9.17) is 0 Å². The van der Waals surface area contributed by atoms with Crippen molar-refractivity contribution in [2.45, 2.75) is 32.6 Å². The molecule has 0 bridgehead atoms. The van der Waals surface area contributed by atoms with Gasteiger partial charge in [-0.05, 0) is 36.2 Å². The topological polar surface area (TPSA) is 23.6 Å². The van der Waals surface area contributed by atoms with Gasteiger partial charge in [0.2, 0.25) is 5.91 Å². The highest BCUT2D eigenvalue weighted by molar-refractivity contribution is 9.10. The number of hydrogen-bond acceptors (Lipinski definition) is 3. The normalized spacial score (nSPS) is 15.6. The van der Waals surface area contributed by atoms with Crippen molar-refractivity contribution in [2.24, 2.45) is 5.92 Å². The molecule has 1 aromatic rings. The highest BCUT2D eigenvalue weighted by atomic mass is 79.9. The van der Waals surface area contributed by atoms with Crippen LogP contribution in [0.4, 0.5) is 0 Å². The number of hydrogen-bond donors (Lipinski definition) is 0. The third-order valence-corrected chi connectivity index (χ3v) is 4.73. The highest BCUT2D eigenvalue weighted by Crippen LogP contribution is 2.25. The largest absolute Gasteiger partial charge is 0.340 e. The second-order valence-corrected chi connectivity index (χ2v) is 7.04. The summed E-state index contributed by atoms with van der Waals surface area (Å²) in [5, 5.41) is 0. The molecule has 1 fully saturated rings. The average molecular weight is 373 g/mol. The first kappa shape index (κ1) is 18.5. The van der Waals surface area contributed by atoms with Crippen LogP contribution in [-0.2, 0) is 4.79 Å². The minimum atomic E-state index is 0.102. The zero-order valence-electron chi connectivity index (χ0n) is 13.3. The Balaban J connectivity index is 0.00000106. The fourth-order valence-electron chi connectivity index (χ4n) is 2.01. The molecule has 21 heavy (non-hydrogen) atoms. The Morgan fingerprint density at radius 1 is 1.10 bits per heavy atom. The second-order valence-electron chi connectivity index (χ2n) is 4.95. The van der Waals surface area contributed by atoms with Crippen LogP contribution in [0.15, 0.2) is 33.6 Å². The van der Waals surface area contributed by atoms with E-state index in [0.717, 1.165) is 30.7 Å². The lowest BCUT2D eigenvalue weighted by Gasteiger charge is -2.34. The fraction of sp³-hybridized carbons (Fsp3) is 0.562. The van der Waals surface area contributed by atoms with Crippen LogP contribution in [0.2, 0.25) is 0 Å². The Kier molecular flexibility index (Phi) is 8.37. The van der Waals surface area contributed by atoms with Crippen molar-refractivity contribution in [1.29, 1.82) is 0 Å². The molecule has 0 aliphatic carbocycles. The van der Waals surface area contributed by atoms with E-state index in [1.807, 2.05) is 32.6 Å². The summed E-state index contributed by atoms with van der Waals surface area (Å²) in [6.07, 6.45) is 0. The number of carbonyl (C=O) groups excluding carboxylic acids is 1. The Labute approximate surface area is 141 Å². The molecular formula is C16H25BrN2OS. The van der Waals surface area contributed by atoms with Crippen molar-refractivity contribution in [3.63, 3.8) is 0 Å². The van der Waals surface area contributed by atoms with E-state index in [9.17, 15) is 4.79 Å². The Bertz CT molecular complexity index is 428. The molecule has 118 valence electrons. The molecule has 0 N–H and O–H groups in total. The van der Waals surface area contributed by atoms with Gasteiger partial charge in [0.25, 0.3) is 0 Å². The van der Waals surface area contributed by atoms with Gasteiger partial charge in [-0.1, -0.05) is 43.6 Å². The fourth-order valence-corrected chi connectivity index (χ4v) is 3.18. The molecule has 2 rings (SSSR count). The lowest BCUT2D eigenvalue weighted by atomic mass is 10.2. The molecule has 3 nitrogen and oxygen atoms in total. The molecular weight excluding hydrogens is 348 g/mol. The van der Waals surface area contributed by atoms with Gasteiger partial charge in [-0.3, -0.25) is 4.79 Å². The summed E-state index contributed by atoms with van der Waals surface area (Å²) < 4.78 is 3.43. The molecule has 0 unspecified atom stereocenters. The number of piperazine rings is 1. The van der Waals surface area contributed by atoms with Crippen molar-refractivity contribution in [2.75, 3.05) is 26.2 Å². The van der Waals surface area contributed by atoms with Crippen LogP contribution in [0.5, 0.6) is 0 Å². The van der Waals surface area contributed by atoms with Crippen molar-refractivity contribution >= 4 is 33.8 Å². The molecule has 0 saturated carbocycles. The number of rotatable bonds is 3. The maximum absolute atomic E-state index is 11.9. The minimum Gasteiger partial charge on any atom is -0.340 e. The first-order chi connectivity index (χ1) is 10.1. The molecule has 1 saturated heterocycles. The second kappa shape index (κ2) is 9.49. The number of halogens is 1. The standard InChI is InChI=1S/C14H19BrN2OS.C2H6/c1-11(2)14(18)16-7-9-17(10-8-16)19-13-5-3-12(15)4-6-13;1-2/h3-6,11H,7-10H2,1-2H3;1-2H3. The predicted molar refractivity (Wildman–Crippen MR) is 94.3 cm³/mol. The zero-order chi connectivity index (χ0) is 15.8. The molecule has 0 radical (unpaired) electrons. The maximum atomic E-state index is 11.9. The van der Waals surface area contributed by atoms with Crippen LogP contribution in [0.1, 0.15) is 27.7 Å². The van der Waals surface area contributed by atoms with E-state index in [-0.39, 0.29) is 11.8 Å². The SMILES string of the molecule is CC.CC(C)C(=O)N1CCN(Sc2ccc(Br)cc2)CC1. The van der Waals surface area contributed by atoms with Gasteiger partial charge in [-0.2, -0.15) is 0 Å². The van der Waals surface area contributed by atoms with Crippen molar-refractivity contribution in [3.05, 3.63) is 28.7 Å². The number of benzene rings is 1. The van der Waals surface area contributed by atoms with Gasteiger partial charge in [0.05, 0.1) is 0 Å². The van der Waals surface area contributed by atoms with Crippen molar-refractivity contribution in [1.82, 2.24) is 9.21 Å². The highest BCUT2D eigenvalue weighted by Gasteiger charge is 2.23. The van der Waals surface area contributed by atoms with Gasteiger partial charge in [0.1, 0.15) is 0 Å². The lowest BCUT2D eigenvalue weighted by Crippen LogP contribution is -2.47.